The average molecular weight is 340 g/mol. The highest BCUT2D eigenvalue weighted by atomic mass is 16.3. The molecule has 4 aromatic rings. The standard InChI is InChI=1S/C25H24O/c26-25(15-11-19-9-13-21-5-1-3-7-23(21)17-19)16-12-20-10-14-22-6-2-4-8-24(22)18-20/h1-10,13-14,17-18,25-26H,11-12,15-16H2. The highest BCUT2D eigenvalue weighted by molar-refractivity contribution is 5.83. The predicted octanol–water partition coefficient (Wildman–Crippen LogP) is 5.92. The van der Waals surface area contributed by atoms with Gasteiger partial charge in [0.1, 0.15) is 0 Å². The molecular weight excluding hydrogens is 316 g/mol. The molecule has 0 fully saturated rings. The Morgan fingerprint density at radius 2 is 0.962 bits per heavy atom. The Bertz CT molecular complexity index is 935. The largest absolute Gasteiger partial charge is 0.393 e. The van der Waals surface area contributed by atoms with Crippen LogP contribution in [0.25, 0.3) is 21.5 Å². The lowest BCUT2D eigenvalue weighted by atomic mass is 9.98. The van der Waals surface area contributed by atoms with Crippen molar-refractivity contribution in [2.75, 3.05) is 0 Å². The zero-order chi connectivity index (χ0) is 17.8. The van der Waals surface area contributed by atoms with E-state index < -0.39 is 0 Å². The van der Waals surface area contributed by atoms with Crippen LogP contribution in [0.5, 0.6) is 0 Å². The average Bonchev–Trinajstić information content (AvgIpc) is 2.70. The van der Waals surface area contributed by atoms with E-state index in [9.17, 15) is 5.11 Å². The van der Waals surface area contributed by atoms with E-state index in [1.807, 2.05) is 0 Å². The van der Waals surface area contributed by atoms with Crippen LogP contribution in [0.15, 0.2) is 84.9 Å². The molecule has 0 radical (unpaired) electrons. The van der Waals surface area contributed by atoms with E-state index in [4.69, 9.17) is 0 Å². The lowest BCUT2D eigenvalue weighted by Crippen LogP contribution is -2.09. The van der Waals surface area contributed by atoms with Crippen LogP contribution in [0.1, 0.15) is 24.0 Å². The lowest BCUT2D eigenvalue weighted by molar-refractivity contribution is 0.155. The van der Waals surface area contributed by atoms with Gasteiger partial charge < -0.3 is 5.11 Å². The van der Waals surface area contributed by atoms with Crippen molar-refractivity contribution in [1.29, 1.82) is 0 Å². The van der Waals surface area contributed by atoms with Gasteiger partial charge in [-0.3, -0.25) is 0 Å². The second-order valence-corrected chi connectivity index (χ2v) is 7.09. The molecule has 0 amide bonds. The Balaban J connectivity index is 1.33. The van der Waals surface area contributed by atoms with Gasteiger partial charge in [0.05, 0.1) is 6.10 Å². The molecule has 0 heterocycles. The molecule has 4 aromatic carbocycles. The Hall–Kier alpha value is -2.64. The minimum atomic E-state index is -0.257. The molecule has 4 rings (SSSR count). The van der Waals surface area contributed by atoms with Gasteiger partial charge in [-0.25, -0.2) is 0 Å². The van der Waals surface area contributed by atoms with Crippen molar-refractivity contribution in [2.24, 2.45) is 0 Å². The van der Waals surface area contributed by atoms with E-state index in [0.717, 1.165) is 25.7 Å². The second kappa shape index (κ2) is 7.72. The Morgan fingerprint density at radius 3 is 1.42 bits per heavy atom. The SMILES string of the molecule is OC(CCc1ccc2ccccc2c1)CCc1ccc2ccccc2c1. The van der Waals surface area contributed by atoms with Gasteiger partial charge in [0.15, 0.2) is 0 Å². The van der Waals surface area contributed by atoms with E-state index in [0.29, 0.717) is 0 Å². The van der Waals surface area contributed by atoms with E-state index in [1.54, 1.807) is 0 Å². The molecule has 1 nitrogen and oxygen atoms in total. The van der Waals surface area contributed by atoms with Crippen LogP contribution in [0.2, 0.25) is 0 Å². The van der Waals surface area contributed by atoms with Gasteiger partial charge in [0.2, 0.25) is 0 Å². The predicted molar refractivity (Wildman–Crippen MR) is 111 cm³/mol. The number of hydrogen-bond donors (Lipinski definition) is 1. The molecule has 0 aliphatic carbocycles. The van der Waals surface area contributed by atoms with Crippen molar-refractivity contribution in [3.63, 3.8) is 0 Å². The first kappa shape index (κ1) is 16.8. The summed E-state index contributed by atoms with van der Waals surface area (Å²) in [4.78, 5) is 0. The van der Waals surface area contributed by atoms with Gasteiger partial charge in [-0.1, -0.05) is 84.9 Å². The number of aliphatic hydroxyl groups is 1. The van der Waals surface area contributed by atoms with Crippen LogP contribution in [-0.2, 0) is 12.8 Å². The van der Waals surface area contributed by atoms with E-state index in [-0.39, 0.29) is 6.10 Å². The summed E-state index contributed by atoms with van der Waals surface area (Å²) in [6, 6.07) is 30.0. The topological polar surface area (TPSA) is 20.2 Å². The number of benzene rings is 4. The van der Waals surface area contributed by atoms with Crippen molar-refractivity contribution in [3.05, 3.63) is 96.1 Å². The highest BCUT2D eigenvalue weighted by Crippen LogP contribution is 2.19. The molecule has 0 saturated carbocycles. The van der Waals surface area contributed by atoms with Gasteiger partial charge >= 0.3 is 0 Å². The van der Waals surface area contributed by atoms with Gasteiger partial charge in [-0.15, -0.1) is 0 Å². The van der Waals surface area contributed by atoms with Gasteiger partial charge in [0.25, 0.3) is 0 Å². The molecule has 0 aliphatic rings. The minimum absolute atomic E-state index is 0.257. The molecule has 1 N–H and O–H groups in total. The zero-order valence-electron chi connectivity index (χ0n) is 14.9. The van der Waals surface area contributed by atoms with Crippen molar-refractivity contribution in [3.8, 4) is 0 Å². The van der Waals surface area contributed by atoms with Crippen molar-refractivity contribution < 1.29 is 5.11 Å². The second-order valence-electron chi connectivity index (χ2n) is 7.09. The molecular formula is C25H24O. The molecule has 130 valence electrons. The molecule has 1 heteroatoms. The van der Waals surface area contributed by atoms with Crippen LogP contribution in [0, 0.1) is 0 Å². The fourth-order valence-electron chi connectivity index (χ4n) is 3.60. The molecule has 0 aliphatic heterocycles. The summed E-state index contributed by atoms with van der Waals surface area (Å²) in [5.74, 6) is 0. The summed E-state index contributed by atoms with van der Waals surface area (Å²) in [5, 5.41) is 15.5. The number of aliphatic hydroxyl groups excluding tert-OH is 1. The first-order valence-electron chi connectivity index (χ1n) is 9.41. The van der Waals surface area contributed by atoms with Gasteiger partial charge in [-0.05, 0) is 58.4 Å². The first-order valence-corrected chi connectivity index (χ1v) is 9.41. The monoisotopic (exact) mass is 340 g/mol. The van der Waals surface area contributed by atoms with Crippen LogP contribution in [0.3, 0.4) is 0 Å². The van der Waals surface area contributed by atoms with Crippen LogP contribution >= 0.6 is 0 Å². The third-order valence-corrected chi connectivity index (χ3v) is 5.16. The molecule has 26 heavy (non-hydrogen) atoms. The maximum Gasteiger partial charge on any atom is 0.0546 e. The molecule has 0 aromatic heterocycles. The Kier molecular flexibility index (Phi) is 4.99. The number of rotatable bonds is 6. The third-order valence-electron chi connectivity index (χ3n) is 5.16. The van der Waals surface area contributed by atoms with Gasteiger partial charge in [-0.2, -0.15) is 0 Å². The Morgan fingerprint density at radius 1 is 0.538 bits per heavy atom. The summed E-state index contributed by atoms with van der Waals surface area (Å²) in [6.07, 6.45) is 3.21. The van der Waals surface area contributed by atoms with E-state index in [1.165, 1.54) is 32.7 Å². The van der Waals surface area contributed by atoms with Crippen molar-refractivity contribution >= 4 is 21.5 Å². The summed E-state index contributed by atoms with van der Waals surface area (Å²) in [7, 11) is 0. The number of aryl methyl sites for hydroxylation is 2. The van der Waals surface area contributed by atoms with Crippen molar-refractivity contribution in [2.45, 2.75) is 31.8 Å². The highest BCUT2D eigenvalue weighted by Gasteiger charge is 2.06. The van der Waals surface area contributed by atoms with Gasteiger partial charge in [0, 0.05) is 0 Å². The molecule has 0 atom stereocenters. The summed E-state index contributed by atoms with van der Waals surface area (Å²) in [5.41, 5.74) is 2.60. The first-order chi connectivity index (χ1) is 12.8. The zero-order valence-corrected chi connectivity index (χ0v) is 14.9. The normalized spacial score (nSPS) is 11.5. The maximum atomic E-state index is 10.4. The summed E-state index contributed by atoms with van der Waals surface area (Å²) < 4.78 is 0. The number of hydrogen-bond acceptors (Lipinski definition) is 1. The quantitative estimate of drug-likeness (QED) is 0.462. The van der Waals surface area contributed by atoms with Crippen LogP contribution < -0.4 is 0 Å². The molecule has 0 unspecified atom stereocenters. The smallest absolute Gasteiger partial charge is 0.0546 e. The third kappa shape index (κ3) is 3.95. The van der Waals surface area contributed by atoms with E-state index in [2.05, 4.69) is 84.9 Å². The maximum absolute atomic E-state index is 10.4. The Labute approximate surface area is 154 Å². The summed E-state index contributed by atoms with van der Waals surface area (Å²) in [6.45, 7) is 0. The molecule has 0 saturated heterocycles. The fourth-order valence-corrected chi connectivity index (χ4v) is 3.60. The van der Waals surface area contributed by atoms with E-state index >= 15 is 0 Å². The van der Waals surface area contributed by atoms with Crippen LogP contribution in [-0.4, -0.2) is 11.2 Å². The molecule has 0 bridgehead atoms. The number of fused-ring (bicyclic) bond motifs is 2. The molecule has 0 spiro atoms. The minimum Gasteiger partial charge on any atom is -0.393 e. The lowest BCUT2D eigenvalue weighted by Gasteiger charge is -2.11. The van der Waals surface area contributed by atoms with Crippen LogP contribution in [0.4, 0.5) is 0 Å². The van der Waals surface area contributed by atoms with Crippen molar-refractivity contribution in [1.82, 2.24) is 0 Å². The summed E-state index contributed by atoms with van der Waals surface area (Å²) >= 11 is 0. The fraction of sp³-hybridized carbons (Fsp3) is 0.200.